The molecule has 2 aromatic carbocycles. The largest absolute Gasteiger partial charge is 0.465 e. The van der Waals surface area contributed by atoms with Gasteiger partial charge in [0.2, 0.25) is 0 Å². The fourth-order valence-electron chi connectivity index (χ4n) is 3.42. The molecule has 27 heavy (non-hydrogen) atoms. The number of carbonyl (C=O) groups excluding carboxylic acids is 1. The Labute approximate surface area is 157 Å². The SMILES string of the molecule is COC(=O)c1ccc2[nH]c3c(c2c1)C(C)CN/C3=N/OCc1ccccc1. The Hall–Kier alpha value is -3.28. The number of amidine groups is 1. The quantitative estimate of drug-likeness (QED) is 0.549. The van der Waals surface area contributed by atoms with E-state index in [1.807, 2.05) is 42.5 Å². The molecule has 0 radical (unpaired) electrons. The highest BCUT2D eigenvalue weighted by atomic mass is 16.6. The summed E-state index contributed by atoms with van der Waals surface area (Å²) in [7, 11) is 1.39. The van der Waals surface area contributed by atoms with Crippen LogP contribution in [-0.2, 0) is 16.2 Å². The number of ether oxygens (including phenoxy) is 1. The molecule has 0 bridgehead atoms. The summed E-state index contributed by atoms with van der Waals surface area (Å²) in [5, 5.41) is 8.64. The number of methoxy groups -OCH3 is 1. The molecule has 3 aromatic rings. The Morgan fingerprint density at radius 2 is 2.04 bits per heavy atom. The number of fused-ring (bicyclic) bond motifs is 3. The van der Waals surface area contributed by atoms with E-state index in [4.69, 9.17) is 9.57 Å². The van der Waals surface area contributed by atoms with Gasteiger partial charge >= 0.3 is 5.97 Å². The van der Waals surface area contributed by atoms with Crippen molar-refractivity contribution in [3.63, 3.8) is 0 Å². The molecule has 0 spiro atoms. The zero-order chi connectivity index (χ0) is 18.8. The van der Waals surface area contributed by atoms with Crippen molar-refractivity contribution in [3.8, 4) is 0 Å². The Morgan fingerprint density at radius 1 is 1.22 bits per heavy atom. The van der Waals surface area contributed by atoms with E-state index in [2.05, 4.69) is 22.4 Å². The van der Waals surface area contributed by atoms with Crippen LogP contribution < -0.4 is 5.32 Å². The fraction of sp³-hybridized carbons (Fsp3) is 0.238. The van der Waals surface area contributed by atoms with E-state index in [0.29, 0.717) is 18.0 Å². The molecule has 0 amide bonds. The second-order valence-electron chi connectivity index (χ2n) is 6.65. The Morgan fingerprint density at radius 3 is 2.81 bits per heavy atom. The van der Waals surface area contributed by atoms with Crippen LogP contribution in [0.1, 0.15) is 40.0 Å². The first-order valence-corrected chi connectivity index (χ1v) is 8.89. The Bertz CT molecular complexity index is 1010. The van der Waals surface area contributed by atoms with Crippen LogP contribution in [0.15, 0.2) is 53.7 Å². The number of nitrogens with zero attached hydrogens (tertiary/aromatic N) is 1. The number of rotatable bonds is 4. The molecule has 0 saturated carbocycles. The van der Waals surface area contributed by atoms with Crippen LogP contribution in [0.3, 0.4) is 0 Å². The molecule has 4 rings (SSSR count). The summed E-state index contributed by atoms with van der Waals surface area (Å²) in [6.07, 6.45) is 0. The van der Waals surface area contributed by atoms with Gasteiger partial charge in [-0.1, -0.05) is 42.4 Å². The highest BCUT2D eigenvalue weighted by molar-refractivity contribution is 6.06. The summed E-state index contributed by atoms with van der Waals surface area (Å²) in [4.78, 5) is 20.8. The molecule has 2 heterocycles. The van der Waals surface area contributed by atoms with E-state index in [1.165, 1.54) is 7.11 Å². The normalized spacial score (nSPS) is 17.4. The summed E-state index contributed by atoms with van der Waals surface area (Å²) in [6, 6.07) is 15.5. The molecule has 0 saturated heterocycles. The van der Waals surface area contributed by atoms with Crippen LogP contribution in [0.2, 0.25) is 0 Å². The van der Waals surface area contributed by atoms with Gasteiger partial charge in [-0.3, -0.25) is 0 Å². The monoisotopic (exact) mass is 363 g/mol. The number of aromatic nitrogens is 1. The van der Waals surface area contributed by atoms with Crippen molar-refractivity contribution in [2.24, 2.45) is 5.16 Å². The number of esters is 1. The molecule has 6 heteroatoms. The molecule has 1 aliphatic heterocycles. The smallest absolute Gasteiger partial charge is 0.337 e. The van der Waals surface area contributed by atoms with Crippen LogP contribution in [-0.4, -0.2) is 30.4 Å². The third kappa shape index (κ3) is 3.26. The number of H-pyrrole nitrogens is 1. The molecule has 6 nitrogen and oxygen atoms in total. The number of nitrogens with one attached hydrogen (secondary N) is 2. The minimum absolute atomic E-state index is 0.273. The highest BCUT2D eigenvalue weighted by Gasteiger charge is 2.26. The van der Waals surface area contributed by atoms with Crippen molar-refractivity contribution >= 4 is 22.7 Å². The molecule has 1 unspecified atom stereocenters. The lowest BCUT2D eigenvalue weighted by atomic mass is 9.93. The van der Waals surface area contributed by atoms with Gasteiger partial charge in [-0.05, 0) is 29.3 Å². The second kappa shape index (κ2) is 7.15. The predicted octanol–water partition coefficient (Wildman–Crippen LogP) is 3.54. The third-order valence-electron chi connectivity index (χ3n) is 4.80. The van der Waals surface area contributed by atoms with Crippen molar-refractivity contribution in [2.45, 2.75) is 19.4 Å². The number of hydrogen-bond acceptors (Lipinski definition) is 4. The number of aromatic amines is 1. The van der Waals surface area contributed by atoms with Crippen molar-refractivity contribution in [3.05, 3.63) is 70.9 Å². The molecule has 0 aliphatic carbocycles. The predicted molar refractivity (Wildman–Crippen MR) is 104 cm³/mol. The average molecular weight is 363 g/mol. The van der Waals surface area contributed by atoms with Gasteiger partial charge in [0.25, 0.3) is 0 Å². The standard InChI is InChI=1S/C21H21N3O3/c1-13-11-22-20(24-27-12-14-6-4-3-5-7-14)19-18(13)16-10-15(21(25)26-2)8-9-17(16)23-19/h3-10,13,23H,11-12H2,1-2H3,(H,22,24). The first-order valence-electron chi connectivity index (χ1n) is 8.89. The van der Waals surface area contributed by atoms with Crippen LogP contribution in [0.25, 0.3) is 10.9 Å². The summed E-state index contributed by atoms with van der Waals surface area (Å²) in [5.74, 6) is 0.609. The summed E-state index contributed by atoms with van der Waals surface area (Å²) < 4.78 is 4.84. The van der Waals surface area contributed by atoms with Gasteiger partial charge in [-0.15, -0.1) is 0 Å². The van der Waals surface area contributed by atoms with Crippen LogP contribution >= 0.6 is 0 Å². The number of carbonyl (C=O) groups is 1. The molecule has 2 N–H and O–H groups in total. The zero-order valence-electron chi connectivity index (χ0n) is 15.3. The third-order valence-corrected chi connectivity index (χ3v) is 4.80. The number of hydrogen-bond donors (Lipinski definition) is 2. The molecular weight excluding hydrogens is 342 g/mol. The fourth-order valence-corrected chi connectivity index (χ4v) is 3.42. The van der Waals surface area contributed by atoms with Gasteiger partial charge in [-0.2, -0.15) is 0 Å². The molecule has 1 atom stereocenters. The van der Waals surface area contributed by atoms with Crippen LogP contribution in [0, 0.1) is 0 Å². The first-order chi connectivity index (χ1) is 13.2. The highest BCUT2D eigenvalue weighted by Crippen LogP contribution is 2.32. The van der Waals surface area contributed by atoms with E-state index in [-0.39, 0.29) is 11.9 Å². The van der Waals surface area contributed by atoms with Crippen LogP contribution in [0.5, 0.6) is 0 Å². The molecule has 0 fully saturated rings. The number of oxime groups is 1. The minimum atomic E-state index is -0.339. The minimum Gasteiger partial charge on any atom is -0.465 e. The van der Waals surface area contributed by atoms with E-state index in [1.54, 1.807) is 6.07 Å². The summed E-state index contributed by atoms with van der Waals surface area (Å²) in [5.41, 5.74) is 4.59. The lowest BCUT2D eigenvalue weighted by molar-refractivity contribution is 0.0601. The van der Waals surface area contributed by atoms with E-state index >= 15 is 0 Å². The summed E-state index contributed by atoms with van der Waals surface area (Å²) >= 11 is 0. The average Bonchev–Trinajstić information content (AvgIpc) is 3.09. The lowest BCUT2D eigenvalue weighted by Gasteiger charge is -2.22. The zero-order valence-corrected chi connectivity index (χ0v) is 15.3. The lowest BCUT2D eigenvalue weighted by Crippen LogP contribution is -2.34. The van der Waals surface area contributed by atoms with Gasteiger partial charge in [0.05, 0.1) is 18.4 Å². The van der Waals surface area contributed by atoms with Crippen molar-refractivity contribution in [2.75, 3.05) is 13.7 Å². The van der Waals surface area contributed by atoms with E-state index < -0.39 is 0 Å². The van der Waals surface area contributed by atoms with Crippen molar-refractivity contribution in [1.29, 1.82) is 0 Å². The maximum Gasteiger partial charge on any atom is 0.337 e. The van der Waals surface area contributed by atoms with E-state index in [9.17, 15) is 4.79 Å². The van der Waals surface area contributed by atoms with Gasteiger partial charge in [0, 0.05) is 23.4 Å². The first kappa shape index (κ1) is 17.1. The van der Waals surface area contributed by atoms with Crippen LogP contribution in [0.4, 0.5) is 0 Å². The van der Waals surface area contributed by atoms with Crippen molar-refractivity contribution in [1.82, 2.24) is 10.3 Å². The second-order valence-corrected chi connectivity index (χ2v) is 6.65. The number of benzene rings is 2. The molecular formula is C21H21N3O3. The van der Waals surface area contributed by atoms with Gasteiger partial charge in [0.15, 0.2) is 5.84 Å². The molecule has 138 valence electrons. The Balaban J connectivity index is 1.67. The molecule has 1 aliphatic rings. The Kier molecular flexibility index (Phi) is 4.54. The van der Waals surface area contributed by atoms with E-state index in [0.717, 1.165) is 34.3 Å². The topological polar surface area (TPSA) is 75.7 Å². The van der Waals surface area contributed by atoms with Gasteiger partial charge < -0.3 is 19.9 Å². The van der Waals surface area contributed by atoms with Crippen molar-refractivity contribution < 1.29 is 14.4 Å². The van der Waals surface area contributed by atoms with Gasteiger partial charge in [-0.25, -0.2) is 4.79 Å². The maximum absolute atomic E-state index is 11.9. The summed E-state index contributed by atoms with van der Waals surface area (Å²) in [6.45, 7) is 3.30. The maximum atomic E-state index is 11.9. The molecule has 1 aromatic heterocycles. The van der Waals surface area contributed by atoms with Gasteiger partial charge in [0.1, 0.15) is 6.61 Å².